The van der Waals surface area contributed by atoms with Gasteiger partial charge in [-0.3, -0.25) is 14.6 Å². The molecule has 0 unspecified atom stereocenters. The summed E-state index contributed by atoms with van der Waals surface area (Å²) in [5.41, 5.74) is 0.959. The van der Waals surface area contributed by atoms with Gasteiger partial charge in [-0.15, -0.1) is 0 Å². The molecule has 0 aliphatic carbocycles. The molecule has 1 aromatic carbocycles. The lowest BCUT2D eigenvalue weighted by Crippen LogP contribution is -2.27. The minimum absolute atomic E-state index is 0.187. The quantitative estimate of drug-likeness (QED) is 0.739. The second-order valence-corrected chi connectivity index (χ2v) is 6.61. The average molecular weight is 390 g/mol. The number of nitrogens with one attached hydrogen (secondary N) is 2. The van der Waals surface area contributed by atoms with Gasteiger partial charge in [-0.25, -0.2) is 4.79 Å². The maximum atomic E-state index is 12.5. The van der Waals surface area contributed by atoms with Gasteiger partial charge in [0, 0.05) is 18.9 Å². The summed E-state index contributed by atoms with van der Waals surface area (Å²) in [6, 6.07) is 5.83. The first-order valence-electron chi connectivity index (χ1n) is 8.24. The molecule has 1 aromatic heterocycles. The highest BCUT2D eigenvalue weighted by Gasteiger charge is 2.15. The van der Waals surface area contributed by atoms with Gasteiger partial charge >= 0.3 is 5.97 Å². The van der Waals surface area contributed by atoms with Crippen molar-refractivity contribution in [1.82, 2.24) is 10.3 Å². The summed E-state index contributed by atoms with van der Waals surface area (Å²) in [6.07, 6.45) is 2.73. The number of benzene rings is 1. The van der Waals surface area contributed by atoms with Gasteiger partial charge in [0.25, 0.3) is 11.8 Å². The van der Waals surface area contributed by atoms with E-state index < -0.39 is 11.9 Å². The maximum Gasteiger partial charge on any atom is 0.337 e. The van der Waals surface area contributed by atoms with Crippen molar-refractivity contribution in [3.63, 3.8) is 0 Å². The molecule has 0 atom stereocenters. The first kappa shape index (κ1) is 20.4. The van der Waals surface area contributed by atoms with Crippen molar-refractivity contribution in [3.05, 3.63) is 58.4 Å². The molecule has 0 aliphatic rings. The molecule has 8 heteroatoms. The number of nitrogens with zero attached hydrogens (tertiary/aromatic N) is 1. The highest BCUT2D eigenvalue weighted by atomic mass is 35.5. The van der Waals surface area contributed by atoms with Crippen LogP contribution in [-0.4, -0.2) is 36.4 Å². The summed E-state index contributed by atoms with van der Waals surface area (Å²) in [5.74, 6) is -1.06. The first-order chi connectivity index (χ1) is 12.8. The van der Waals surface area contributed by atoms with Crippen molar-refractivity contribution in [3.8, 4) is 0 Å². The van der Waals surface area contributed by atoms with Crippen LogP contribution < -0.4 is 10.6 Å². The molecule has 0 fully saturated rings. The molecule has 7 nitrogen and oxygen atoms in total. The van der Waals surface area contributed by atoms with Crippen LogP contribution in [0.15, 0.2) is 36.7 Å². The second-order valence-electron chi connectivity index (χ2n) is 6.21. The molecule has 142 valence electrons. The molecule has 0 bridgehead atoms. The Kier molecular flexibility index (Phi) is 6.90. The van der Waals surface area contributed by atoms with Crippen LogP contribution >= 0.6 is 11.6 Å². The number of carbonyl (C=O) groups excluding carboxylic acids is 3. The van der Waals surface area contributed by atoms with E-state index in [2.05, 4.69) is 20.4 Å². The molecular weight excluding hydrogens is 370 g/mol. The van der Waals surface area contributed by atoms with Crippen LogP contribution in [0, 0.1) is 5.92 Å². The Labute approximate surface area is 162 Å². The fourth-order valence-electron chi connectivity index (χ4n) is 2.15. The van der Waals surface area contributed by atoms with Gasteiger partial charge < -0.3 is 15.4 Å². The van der Waals surface area contributed by atoms with Crippen LogP contribution in [0.1, 0.15) is 44.9 Å². The Balaban J connectivity index is 2.18. The number of hydrogen-bond acceptors (Lipinski definition) is 5. The first-order valence-corrected chi connectivity index (χ1v) is 8.62. The van der Waals surface area contributed by atoms with E-state index in [4.69, 9.17) is 11.6 Å². The summed E-state index contributed by atoms with van der Waals surface area (Å²) < 4.78 is 4.65. The number of anilines is 1. The van der Waals surface area contributed by atoms with Gasteiger partial charge in [-0.2, -0.15) is 0 Å². The topological polar surface area (TPSA) is 97.4 Å². The number of amides is 2. The van der Waals surface area contributed by atoms with Gasteiger partial charge in [0.2, 0.25) is 0 Å². The van der Waals surface area contributed by atoms with Gasteiger partial charge in [-0.05, 0) is 30.2 Å². The van der Waals surface area contributed by atoms with Crippen molar-refractivity contribution in [2.45, 2.75) is 13.8 Å². The molecule has 0 saturated heterocycles. The van der Waals surface area contributed by atoms with Crippen LogP contribution in [0.4, 0.5) is 5.69 Å². The minimum Gasteiger partial charge on any atom is -0.465 e. The van der Waals surface area contributed by atoms with Crippen molar-refractivity contribution in [2.75, 3.05) is 19.0 Å². The van der Waals surface area contributed by atoms with Crippen LogP contribution in [-0.2, 0) is 4.74 Å². The van der Waals surface area contributed by atoms with Gasteiger partial charge in [0.05, 0.1) is 34.5 Å². The molecule has 2 amide bonds. The summed E-state index contributed by atoms with van der Waals surface area (Å²) in [7, 11) is 1.26. The number of ether oxygens (including phenoxy) is 1. The Morgan fingerprint density at radius 2 is 1.74 bits per heavy atom. The Morgan fingerprint density at radius 1 is 1.07 bits per heavy atom. The molecule has 0 saturated carbocycles. The van der Waals surface area contributed by atoms with Crippen LogP contribution in [0.5, 0.6) is 0 Å². The summed E-state index contributed by atoms with van der Waals surface area (Å²) in [4.78, 5) is 40.2. The monoisotopic (exact) mass is 389 g/mol. The van der Waals surface area contributed by atoms with E-state index in [1.165, 1.54) is 43.8 Å². The second kappa shape index (κ2) is 9.14. The molecule has 2 N–H and O–H groups in total. The number of methoxy groups -OCH3 is 1. The van der Waals surface area contributed by atoms with Crippen LogP contribution in [0.25, 0.3) is 0 Å². The van der Waals surface area contributed by atoms with E-state index in [0.717, 1.165) is 0 Å². The van der Waals surface area contributed by atoms with Crippen LogP contribution in [0.2, 0.25) is 5.02 Å². The Hall–Kier alpha value is -2.93. The third-order valence-electron chi connectivity index (χ3n) is 3.57. The predicted molar refractivity (Wildman–Crippen MR) is 102 cm³/mol. The smallest absolute Gasteiger partial charge is 0.337 e. The predicted octanol–water partition coefficient (Wildman–Crippen LogP) is 3.16. The Bertz CT molecular complexity index is 868. The van der Waals surface area contributed by atoms with Crippen molar-refractivity contribution >= 4 is 35.1 Å². The van der Waals surface area contributed by atoms with E-state index in [9.17, 15) is 14.4 Å². The molecule has 1 heterocycles. The SMILES string of the molecule is COC(=O)c1ccc(Cl)c(NC(=O)c2cncc(C(=O)NCC(C)C)c2)c1. The molecule has 27 heavy (non-hydrogen) atoms. The van der Waals surface area contributed by atoms with Gasteiger partial charge in [0.1, 0.15) is 0 Å². The van der Waals surface area contributed by atoms with E-state index in [1.54, 1.807) is 0 Å². The molecule has 2 aromatic rings. The zero-order valence-electron chi connectivity index (χ0n) is 15.2. The van der Waals surface area contributed by atoms with Crippen molar-refractivity contribution in [1.29, 1.82) is 0 Å². The number of halogens is 1. The average Bonchev–Trinajstić information content (AvgIpc) is 2.67. The normalized spacial score (nSPS) is 10.4. The number of carbonyl (C=O) groups is 3. The lowest BCUT2D eigenvalue weighted by atomic mass is 10.1. The van der Waals surface area contributed by atoms with E-state index in [1.807, 2.05) is 13.8 Å². The highest BCUT2D eigenvalue weighted by molar-refractivity contribution is 6.34. The lowest BCUT2D eigenvalue weighted by Gasteiger charge is -2.10. The fraction of sp³-hybridized carbons (Fsp3) is 0.263. The number of rotatable bonds is 6. The summed E-state index contributed by atoms with van der Waals surface area (Å²) in [5, 5.41) is 5.64. The Morgan fingerprint density at radius 3 is 2.37 bits per heavy atom. The summed E-state index contributed by atoms with van der Waals surface area (Å²) in [6.45, 7) is 4.48. The zero-order valence-corrected chi connectivity index (χ0v) is 16.0. The number of aromatic nitrogens is 1. The maximum absolute atomic E-state index is 12.5. The molecule has 0 radical (unpaired) electrons. The molecular formula is C19H20ClN3O4. The van der Waals surface area contributed by atoms with Crippen molar-refractivity contribution in [2.24, 2.45) is 5.92 Å². The lowest BCUT2D eigenvalue weighted by molar-refractivity contribution is 0.0600. The number of pyridine rings is 1. The zero-order chi connectivity index (χ0) is 20.0. The number of hydrogen-bond donors (Lipinski definition) is 2. The summed E-state index contributed by atoms with van der Waals surface area (Å²) >= 11 is 6.08. The van der Waals surface area contributed by atoms with Gasteiger partial charge in [-0.1, -0.05) is 25.4 Å². The van der Waals surface area contributed by atoms with E-state index >= 15 is 0 Å². The van der Waals surface area contributed by atoms with E-state index in [0.29, 0.717) is 12.5 Å². The third-order valence-corrected chi connectivity index (χ3v) is 3.90. The van der Waals surface area contributed by atoms with Crippen molar-refractivity contribution < 1.29 is 19.1 Å². The number of esters is 1. The van der Waals surface area contributed by atoms with E-state index in [-0.39, 0.29) is 33.3 Å². The third kappa shape index (κ3) is 5.52. The largest absolute Gasteiger partial charge is 0.465 e. The molecule has 0 aliphatic heterocycles. The van der Waals surface area contributed by atoms with Gasteiger partial charge in [0.15, 0.2) is 0 Å². The minimum atomic E-state index is -0.548. The fourth-order valence-corrected chi connectivity index (χ4v) is 2.31. The van der Waals surface area contributed by atoms with Crippen LogP contribution in [0.3, 0.4) is 0 Å². The molecule has 2 rings (SSSR count). The molecule has 0 spiro atoms. The highest BCUT2D eigenvalue weighted by Crippen LogP contribution is 2.24. The standard InChI is InChI=1S/C19H20ClN3O4/c1-11(2)8-22-17(24)13-6-14(10-21-9-13)18(25)23-16-7-12(19(26)27-3)4-5-15(16)20/h4-7,9-11H,8H2,1-3H3,(H,22,24)(H,23,25).